The van der Waals surface area contributed by atoms with E-state index in [9.17, 15) is 4.79 Å². The molecule has 0 aliphatic carbocycles. The molecule has 4 heteroatoms. The minimum Gasteiger partial charge on any atom is -0.359 e. The van der Waals surface area contributed by atoms with Crippen molar-refractivity contribution in [2.24, 2.45) is 5.73 Å². The van der Waals surface area contributed by atoms with Crippen molar-refractivity contribution in [2.75, 3.05) is 0 Å². The molecule has 0 radical (unpaired) electrons. The lowest BCUT2D eigenvalue weighted by Crippen LogP contribution is -2.06. The smallest absolute Gasteiger partial charge is 0.293 e. The van der Waals surface area contributed by atoms with Gasteiger partial charge in [-0.05, 0) is 18.6 Å². The number of nitrogens with zero attached hydrogens (tertiary/aromatic N) is 1. The first-order valence-electron chi connectivity index (χ1n) is 3.53. The first-order valence-corrected chi connectivity index (χ1v) is 3.91. The molecule has 1 rings (SSSR count). The highest BCUT2D eigenvalue weighted by atomic mass is 35.5. The average molecular weight is 195 g/mol. The maximum absolute atomic E-state index is 10.4. The molecule has 2 N–H and O–H groups in total. The second-order valence-electron chi connectivity index (χ2n) is 2.47. The number of hydrogen-bond acceptors (Lipinski definition) is 2. The van der Waals surface area contributed by atoms with Gasteiger partial charge in [-0.3, -0.25) is 4.79 Å². The third-order valence-corrected chi connectivity index (χ3v) is 1.60. The van der Waals surface area contributed by atoms with Crippen LogP contribution in [0.4, 0.5) is 0 Å². The lowest BCUT2D eigenvalue weighted by atomic mass is 10.2. The Kier molecular flexibility index (Phi) is 2.88. The maximum atomic E-state index is 10.4. The van der Waals surface area contributed by atoms with E-state index in [-0.39, 0.29) is 5.15 Å². The summed E-state index contributed by atoms with van der Waals surface area (Å²) in [6.45, 7) is 1.86. The molecule has 13 heavy (non-hydrogen) atoms. The predicted molar refractivity (Wildman–Crippen MR) is 50.1 cm³/mol. The Hall–Kier alpha value is -1.53. The Morgan fingerprint density at radius 1 is 1.69 bits per heavy atom. The highest BCUT2D eigenvalue weighted by Gasteiger charge is 1.97. The highest BCUT2D eigenvalue weighted by Crippen LogP contribution is 2.11. The van der Waals surface area contributed by atoms with Crippen molar-refractivity contribution in [3.05, 3.63) is 28.5 Å². The van der Waals surface area contributed by atoms with Crippen molar-refractivity contribution in [3.8, 4) is 11.8 Å². The number of aryl methyl sites for hydroxylation is 1. The summed E-state index contributed by atoms with van der Waals surface area (Å²) in [5, 5.41) is 0.277. The molecule has 0 spiro atoms. The van der Waals surface area contributed by atoms with E-state index in [2.05, 4.69) is 16.8 Å². The van der Waals surface area contributed by atoms with E-state index in [4.69, 9.17) is 17.3 Å². The summed E-state index contributed by atoms with van der Waals surface area (Å²) in [5.41, 5.74) is 6.30. The molecule has 0 fully saturated rings. The summed E-state index contributed by atoms with van der Waals surface area (Å²) in [4.78, 5) is 14.2. The van der Waals surface area contributed by atoms with Crippen molar-refractivity contribution < 1.29 is 4.79 Å². The van der Waals surface area contributed by atoms with E-state index in [0.717, 1.165) is 5.56 Å². The van der Waals surface area contributed by atoms with Gasteiger partial charge in [0.1, 0.15) is 5.15 Å². The van der Waals surface area contributed by atoms with Gasteiger partial charge in [0.2, 0.25) is 0 Å². The average Bonchev–Trinajstić information content (AvgIpc) is 2.06. The van der Waals surface area contributed by atoms with Gasteiger partial charge < -0.3 is 5.73 Å². The van der Waals surface area contributed by atoms with Crippen molar-refractivity contribution in [1.82, 2.24) is 4.98 Å². The number of primary amides is 1. The lowest BCUT2D eigenvalue weighted by Gasteiger charge is -1.95. The molecule has 0 unspecified atom stereocenters. The zero-order valence-electron chi connectivity index (χ0n) is 6.97. The fourth-order valence-electron chi connectivity index (χ4n) is 0.769. The molecule has 0 aliphatic heterocycles. The van der Waals surface area contributed by atoms with Gasteiger partial charge >= 0.3 is 0 Å². The van der Waals surface area contributed by atoms with E-state index >= 15 is 0 Å². The Morgan fingerprint density at radius 3 is 3.00 bits per heavy atom. The quantitative estimate of drug-likeness (QED) is 0.493. The van der Waals surface area contributed by atoms with Crippen LogP contribution in [-0.4, -0.2) is 10.9 Å². The zero-order chi connectivity index (χ0) is 9.84. The standard InChI is InChI=1S/C9H7ClN2O/c1-6-4-7(2-3-8(11)13)9(10)12-5-6/h4-5H,1H3,(H2,11,13). The number of pyridine rings is 1. The van der Waals surface area contributed by atoms with E-state index in [1.54, 1.807) is 12.3 Å². The Morgan fingerprint density at radius 2 is 2.38 bits per heavy atom. The monoisotopic (exact) mass is 194 g/mol. The van der Waals surface area contributed by atoms with E-state index in [1.807, 2.05) is 6.92 Å². The first kappa shape index (κ1) is 9.56. The fourth-order valence-corrected chi connectivity index (χ4v) is 0.920. The van der Waals surface area contributed by atoms with Gasteiger partial charge in [0.05, 0.1) is 5.56 Å². The molecule has 1 heterocycles. The molecule has 0 aromatic carbocycles. The second-order valence-corrected chi connectivity index (χ2v) is 2.82. The number of aromatic nitrogens is 1. The van der Waals surface area contributed by atoms with Gasteiger partial charge in [0, 0.05) is 12.1 Å². The largest absolute Gasteiger partial charge is 0.359 e. The summed E-state index contributed by atoms with van der Waals surface area (Å²) in [7, 11) is 0. The van der Waals surface area contributed by atoms with Crippen LogP contribution in [0.2, 0.25) is 5.15 Å². The molecule has 3 nitrogen and oxygen atoms in total. The van der Waals surface area contributed by atoms with Crippen molar-refractivity contribution >= 4 is 17.5 Å². The van der Waals surface area contributed by atoms with Crippen LogP contribution >= 0.6 is 11.6 Å². The molecule has 0 saturated heterocycles. The van der Waals surface area contributed by atoms with Gasteiger partial charge in [-0.2, -0.15) is 0 Å². The van der Waals surface area contributed by atoms with Crippen LogP contribution in [0, 0.1) is 18.8 Å². The number of nitrogens with two attached hydrogens (primary N) is 1. The molecule has 0 atom stereocenters. The van der Waals surface area contributed by atoms with Crippen LogP contribution in [0.15, 0.2) is 12.3 Å². The molecule has 1 amide bonds. The van der Waals surface area contributed by atoms with E-state index in [0.29, 0.717) is 5.56 Å². The molecule has 1 aromatic heterocycles. The van der Waals surface area contributed by atoms with Gasteiger partial charge in [0.25, 0.3) is 5.91 Å². The van der Waals surface area contributed by atoms with Gasteiger partial charge in [-0.25, -0.2) is 4.98 Å². The van der Waals surface area contributed by atoms with Crippen molar-refractivity contribution in [3.63, 3.8) is 0 Å². The third-order valence-electron chi connectivity index (χ3n) is 1.30. The van der Waals surface area contributed by atoms with E-state index in [1.165, 1.54) is 0 Å². The highest BCUT2D eigenvalue weighted by molar-refractivity contribution is 6.30. The number of rotatable bonds is 0. The number of carbonyl (C=O) groups is 1. The van der Waals surface area contributed by atoms with Crippen molar-refractivity contribution in [2.45, 2.75) is 6.92 Å². The van der Waals surface area contributed by atoms with Crippen LogP contribution in [0.1, 0.15) is 11.1 Å². The minimum atomic E-state index is -0.683. The second kappa shape index (κ2) is 3.92. The molecule has 0 bridgehead atoms. The number of hydrogen-bond donors (Lipinski definition) is 1. The van der Waals surface area contributed by atoms with Gasteiger partial charge in [-0.15, -0.1) is 0 Å². The number of halogens is 1. The molecule has 0 saturated carbocycles. The molecule has 66 valence electrons. The van der Waals surface area contributed by atoms with Gasteiger partial charge in [0.15, 0.2) is 0 Å². The molecule has 0 aliphatic rings. The number of carbonyl (C=O) groups excluding carboxylic acids is 1. The summed E-state index contributed by atoms with van der Waals surface area (Å²) >= 11 is 5.71. The molecular weight excluding hydrogens is 188 g/mol. The first-order chi connectivity index (χ1) is 6.09. The van der Waals surface area contributed by atoms with Gasteiger partial charge in [-0.1, -0.05) is 17.5 Å². The summed E-state index contributed by atoms with van der Waals surface area (Å²) in [6, 6.07) is 1.74. The number of amides is 1. The Balaban J connectivity index is 3.09. The Bertz CT molecular complexity index is 404. The Labute approximate surface area is 80.9 Å². The van der Waals surface area contributed by atoms with Crippen LogP contribution in [0.5, 0.6) is 0 Å². The fraction of sp³-hybridized carbons (Fsp3) is 0.111. The maximum Gasteiger partial charge on any atom is 0.293 e. The van der Waals surface area contributed by atoms with E-state index < -0.39 is 5.91 Å². The summed E-state index contributed by atoms with van der Waals surface area (Å²) < 4.78 is 0. The third kappa shape index (κ3) is 2.77. The minimum absolute atomic E-state index is 0.277. The van der Waals surface area contributed by atoms with Crippen LogP contribution < -0.4 is 5.73 Å². The predicted octanol–water partition coefficient (Wildman–Crippen LogP) is 0.880. The summed E-state index contributed by atoms with van der Waals surface area (Å²) in [6.07, 6.45) is 1.62. The van der Waals surface area contributed by atoms with Crippen LogP contribution in [0.3, 0.4) is 0 Å². The van der Waals surface area contributed by atoms with Crippen LogP contribution in [0.25, 0.3) is 0 Å². The van der Waals surface area contributed by atoms with Crippen molar-refractivity contribution in [1.29, 1.82) is 0 Å². The summed E-state index contributed by atoms with van der Waals surface area (Å²) in [5.74, 6) is 4.05. The SMILES string of the molecule is Cc1cnc(Cl)c(C#CC(N)=O)c1. The normalized spacial score (nSPS) is 8.77. The molecular formula is C9H7ClN2O. The van der Waals surface area contributed by atoms with Crippen LogP contribution in [-0.2, 0) is 4.79 Å². The molecule has 1 aromatic rings. The topological polar surface area (TPSA) is 56.0 Å². The lowest BCUT2D eigenvalue weighted by molar-refractivity contribution is -0.112. The zero-order valence-corrected chi connectivity index (χ0v) is 7.72.